The maximum Gasteiger partial charge on any atom is 0.237 e. The van der Waals surface area contributed by atoms with Gasteiger partial charge in [-0.1, -0.05) is 31.9 Å². The molecule has 1 unspecified atom stereocenters. The van der Waals surface area contributed by atoms with Crippen molar-refractivity contribution in [3.05, 3.63) is 11.2 Å². The highest BCUT2D eigenvalue weighted by atomic mass is 35.5. The zero-order valence-electron chi connectivity index (χ0n) is 10.7. The molecule has 0 bridgehead atoms. The predicted octanol–water partition coefficient (Wildman–Crippen LogP) is 3.52. The van der Waals surface area contributed by atoms with Crippen molar-refractivity contribution < 1.29 is 4.74 Å². The normalized spacial score (nSPS) is 12.2. The average Bonchev–Trinajstić information content (AvgIpc) is 2.30. The highest BCUT2D eigenvalue weighted by Gasteiger charge is 2.10. The van der Waals surface area contributed by atoms with Crippen LogP contribution in [0.2, 0.25) is 5.02 Å². The maximum absolute atomic E-state index is 6.00. The fraction of sp³-hybridized carbons (Fsp3) is 0.667. The summed E-state index contributed by atoms with van der Waals surface area (Å²) in [4.78, 5) is 8.35. The van der Waals surface area contributed by atoms with Gasteiger partial charge >= 0.3 is 0 Å². The van der Waals surface area contributed by atoms with Crippen LogP contribution in [-0.4, -0.2) is 22.6 Å². The van der Waals surface area contributed by atoms with Gasteiger partial charge in [0.1, 0.15) is 5.02 Å². The van der Waals surface area contributed by atoms with Gasteiger partial charge in [-0.3, -0.25) is 0 Å². The van der Waals surface area contributed by atoms with E-state index < -0.39 is 0 Å². The second-order valence-corrected chi connectivity index (χ2v) is 4.40. The molecule has 0 aromatic carbocycles. The summed E-state index contributed by atoms with van der Waals surface area (Å²) in [6.07, 6.45) is 4.77. The molecule has 0 fully saturated rings. The van der Waals surface area contributed by atoms with E-state index in [9.17, 15) is 0 Å². The Balaban J connectivity index is 2.68. The van der Waals surface area contributed by atoms with Crippen molar-refractivity contribution in [1.29, 1.82) is 0 Å². The van der Waals surface area contributed by atoms with Crippen molar-refractivity contribution in [3.8, 4) is 5.88 Å². The fourth-order valence-corrected chi connectivity index (χ4v) is 1.55. The summed E-state index contributed by atoms with van der Waals surface area (Å²) in [5, 5.41) is 3.56. The van der Waals surface area contributed by atoms with Gasteiger partial charge in [0.05, 0.1) is 12.3 Å². The lowest BCUT2D eigenvalue weighted by molar-refractivity contribution is 0.201. The summed E-state index contributed by atoms with van der Waals surface area (Å²) in [6.45, 7) is 7.06. The molecule has 17 heavy (non-hydrogen) atoms. The molecule has 1 aromatic heterocycles. The minimum absolute atomic E-state index is 0.117. The lowest BCUT2D eigenvalue weighted by atomic mass is 10.2. The molecule has 0 aliphatic heterocycles. The maximum atomic E-state index is 6.00. The van der Waals surface area contributed by atoms with Gasteiger partial charge < -0.3 is 10.1 Å². The summed E-state index contributed by atoms with van der Waals surface area (Å²) in [7, 11) is 0. The van der Waals surface area contributed by atoms with Gasteiger partial charge in [-0.2, -0.15) is 4.98 Å². The Kier molecular flexibility index (Phi) is 6.05. The molecule has 4 nitrogen and oxygen atoms in total. The molecule has 0 saturated carbocycles. The third kappa shape index (κ3) is 4.77. The number of nitrogens with zero attached hydrogens (tertiary/aromatic N) is 2. The van der Waals surface area contributed by atoms with E-state index in [2.05, 4.69) is 29.1 Å². The molecule has 96 valence electrons. The molecule has 1 aromatic rings. The molecule has 1 heterocycles. The van der Waals surface area contributed by atoms with E-state index in [-0.39, 0.29) is 6.10 Å². The molecule has 0 radical (unpaired) electrons. The minimum Gasteiger partial charge on any atom is -0.473 e. The predicted molar refractivity (Wildman–Crippen MR) is 70.8 cm³/mol. The number of rotatable bonds is 7. The van der Waals surface area contributed by atoms with E-state index in [4.69, 9.17) is 16.3 Å². The summed E-state index contributed by atoms with van der Waals surface area (Å²) >= 11 is 6.00. The molecule has 0 aliphatic carbocycles. The van der Waals surface area contributed by atoms with Crippen LogP contribution in [0, 0.1) is 0 Å². The van der Waals surface area contributed by atoms with Gasteiger partial charge in [-0.05, 0) is 19.8 Å². The Labute approximate surface area is 108 Å². The van der Waals surface area contributed by atoms with Crippen LogP contribution < -0.4 is 10.1 Å². The van der Waals surface area contributed by atoms with Crippen molar-refractivity contribution >= 4 is 17.5 Å². The van der Waals surface area contributed by atoms with Crippen molar-refractivity contribution in [2.45, 2.75) is 46.1 Å². The van der Waals surface area contributed by atoms with E-state index in [1.54, 1.807) is 6.20 Å². The van der Waals surface area contributed by atoms with Crippen molar-refractivity contribution in [3.63, 3.8) is 0 Å². The first-order valence-corrected chi connectivity index (χ1v) is 6.48. The van der Waals surface area contributed by atoms with E-state index >= 15 is 0 Å². The quantitative estimate of drug-likeness (QED) is 0.812. The third-order valence-corrected chi connectivity index (χ3v) is 2.51. The first-order valence-electron chi connectivity index (χ1n) is 6.10. The number of ether oxygens (including phenoxy) is 1. The lowest BCUT2D eigenvalue weighted by Gasteiger charge is -2.14. The second kappa shape index (κ2) is 7.33. The van der Waals surface area contributed by atoms with Crippen molar-refractivity contribution in [2.24, 2.45) is 0 Å². The highest BCUT2D eigenvalue weighted by Crippen LogP contribution is 2.23. The molecule has 1 N–H and O–H groups in total. The van der Waals surface area contributed by atoms with E-state index in [0.717, 1.165) is 25.8 Å². The van der Waals surface area contributed by atoms with Crippen LogP contribution in [0.5, 0.6) is 5.88 Å². The highest BCUT2D eigenvalue weighted by molar-refractivity contribution is 6.31. The van der Waals surface area contributed by atoms with E-state index in [1.165, 1.54) is 0 Å². The summed E-state index contributed by atoms with van der Waals surface area (Å²) in [5.41, 5.74) is 0. The van der Waals surface area contributed by atoms with Crippen molar-refractivity contribution in [2.75, 3.05) is 11.9 Å². The molecule has 5 heteroatoms. The van der Waals surface area contributed by atoms with Crippen LogP contribution in [0.15, 0.2) is 6.20 Å². The van der Waals surface area contributed by atoms with Gasteiger partial charge in [-0.25, -0.2) is 4.98 Å². The fourth-order valence-electron chi connectivity index (χ4n) is 1.41. The number of anilines is 1. The van der Waals surface area contributed by atoms with Gasteiger partial charge in [0.2, 0.25) is 11.8 Å². The zero-order valence-corrected chi connectivity index (χ0v) is 11.4. The topological polar surface area (TPSA) is 47.0 Å². The first kappa shape index (κ1) is 14.0. The Morgan fingerprint density at radius 3 is 2.82 bits per heavy atom. The molecular formula is C12H20ClN3O. The smallest absolute Gasteiger partial charge is 0.237 e. The summed E-state index contributed by atoms with van der Waals surface area (Å²) < 4.78 is 5.68. The Morgan fingerprint density at radius 2 is 2.18 bits per heavy atom. The number of hydrogen-bond donors (Lipinski definition) is 1. The molecule has 1 rings (SSSR count). The standard InChI is InChI=1S/C12H20ClN3O/c1-4-6-9(3)17-11-10(13)8-15-12(16-11)14-7-5-2/h8-9H,4-7H2,1-3H3,(H,14,15,16). The summed E-state index contributed by atoms with van der Waals surface area (Å²) in [5.74, 6) is 1.02. The Morgan fingerprint density at radius 1 is 1.41 bits per heavy atom. The van der Waals surface area contributed by atoms with Crippen LogP contribution in [0.4, 0.5) is 5.95 Å². The molecule has 1 atom stereocenters. The van der Waals surface area contributed by atoms with Crippen LogP contribution in [0.25, 0.3) is 0 Å². The first-order chi connectivity index (χ1) is 8.17. The van der Waals surface area contributed by atoms with Gasteiger partial charge in [0.25, 0.3) is 0 Å². The second-order valence-electron chi connectivity index (χ2n) is 3.99. The molecular weight excluding hydrogens is 238 g/mol. The molecule has 0 spiro atoms. The SMILES string of the molecule is CCCNc1ncc(Cl)c(OC(C)CCC)n1. The van der Waals surface area contributed by atoms with Crippen LogP contribution in [0.1, 0.15) is 40.0 Å². The van der Waals surface area contributed by atoms with Crippen LogP contribution in [0.3, 0.4) is 0 Å². The van der Waals surface area contributed by atoms with E-state index in [1.807, 2.05) is 6.92 Å². The Bertz CT molecular complexity index is 347. The van der Waals surface area contributed by atoms with Crippen LogP contribution in [-0.2, 0) is 0 Å². The molecule has 0 amide bonds. The number of aromatic nitrogens is 2. The molecule has 0 aliphatic rings. The zero-order chi connectivity index (χ0) is 12.7. The van der Waals surface area contributed by atoms with Crippen molar-refractivity contribution in [1.82, 2.24) is 9.97 Å². The minimum atomic E-state index is 0.117. The average molecular weight is 258 g/mol. The largest absolute Gasteiger partial charge is 0.473 e. The Hall–Kier alpha value is -1.03. The summed E-state index contributed by atoms with van der Waals surface area (Å²) in [6, 6.07) is 0. The van der Waals surface area contributed by atoms with Crippen LogP contribution >= 0.6 is 11.6 Å². The van der Waals surface area contributed by atoms with Gasteiger partial charge in [0.15, 0.2) is 0 Å². The number of nitrogens with one attached hydrogen (secondary N) is 1. The van der Waals surface area contributed by atoms with Gasteiger partial charge in [-0.15, -0.1) is 0 Å². The molecule has 0 saturated heterocycles. The number of halogens is 1. The monoisotopic (exact) mass is 257 g/mol. The van der Waals surface area contributed by atoms with Gasteiger partial charge in [0, 0.05) is 6.54 Å². The number of hydrogen-bond acceptors (Lipinski definition) is 4. The van der Waals surface area contributed by atoms with E-state index in [0.29, 0.717) is 16.9 Å². The lowest BCUT2D eigenvalue weighted by Crippen LogP contribution is -2.13. The third-order valence-electron chi connectivity index (χ3n) is 2.25.